The van der Waals surface area contributed by atoms with Gasteiger partial charge in [0.05, 0.1) is 11.3 Å². The average Bonchev–Trinajstić information content (AvgIpc) is 2.38. The number of aromatic nitrogens is 1. The van der Waals surface area contributed by atoms with Gasteiger partial charge in [0, 0.05) is 26.0 Å². The zero-order valence-electron chi connectivity index (χ0n) is 11.2. The van der Waals surface area contributed by atoms with Crippen LogP contribution >= 0.6 is 0 Å². The van der Waals surface area contributed by atoms with Crippen molar-refractivity contribution in [1.82, 2.24) is 4.98 Å². The van der Waals surface area contributed by atoms with Gasteiger partial charge in [-0.1, -0.05) is 0 Å². The van der Waals surface area contributed by atoms with Crippen LogP contribution in [-0.2, 0) is 0 Å². The van der Waals surface area contributed by atoms with E-state index >= 15 is 0 Å². The van der Waals surface area contributed by atoms with Crippen molar-refractivity contribution >= 4 is 23.1 Å². The second-order valence-electron chi connectivity index (χ2n) is 4.45. The van der Waals surface area contributed by atoms with Crippen LogP contribution in [-0.4, -0.2) is 25.0 Å². The Morgan fingerprint density at radius 3 is 2.75 bits per heavy atom. The first-order valence-electron chi connectivity index (χ1n) is 5.97. The molecule has 1 amide bonds. The second kappa shape index (κ2) is 5.56. The summed E-state index contributed by atoms with van der Waals surface area (Å²) in [5, 5.41) is 2.72. The van der Waals surface area contributed by atoms with Gasteiger partial charge in [-0.05, 0) is 30.3 Å². The van der Waals surface area contributed by atoms with Gasteiger partial charge in [0.25, 0.3) is 5.91 Å². The molecule has 20 heavy (non-hydrogen) atoms. The van der Waals surface area contributed by atoms with Gasteiger partial charge >= 0.3 is 0 Å². The van der Waals surface area contributed by atoms with Crippen molar-refractivity contribution in [2.45, 2.75) is 0 Å². The summed E-state index contributed by atoms with van der Waals surface area (Å²) in [5.74, 6) is -0.255. The average molecular weight is 274 g/mol. The summed E-state index contributed by atoms with van der Waals surface area (Å²) in [5.41, 5.74) is 6.53. The quantitative estimate of drug-likeness (QED) is 0.841. The molecule has 3 N–H and O–H groups in total. The van der Waals surface area contributed by atoms with E-state index in [0.29, 0.717) is 11.5 Å². The van der Waals surface area contributed by atoms with Crippen LogP contribution in [0.3, 0.4) is 0 Å². The van der Waals surface area contributed by atoms with Gasteiger partial charge in [-0.15, -0.1) is 0 Å². The Bertz CT molecular complexity index is 643. The maximum absolute atomic E-state index is 13.0. The molecule has 2 aromatic rings. The maximum atomic E-state index is 13.0. The standard InChI is InChI=1S/C14H15FN4O/c1-19(2)13-12(4-3-7-17-13)18-14(20)10-6-5-9(15)8-11(10)16/h3-8H,16H2,1-2H3,(H,18,20). The van der Waals surface area contributed by atoms with Crippen molar-refractivity contribution < 1.29 is 9.18 Å². The van der Waals surface area contributed by atoms with E-state index in [0.717, 1.165) is 6.07 Å². The summed E-state index contributed by atoms with van der Waals surface area (Å²) in [6.45, 7) is 0. The lowest BCUT2D eigenvalue weighted by Gasteiger charge is -2.16. The molecule has 0 atom stereocenters. The third-order valence-electron chi connectivity index (χ3n) is 2.72. The van der Waals surface area contributed by atoms with Crippen LogP contribution in [0.5, 0.6) is 0 Å². The number of carbonyl (C=O) groups is 1. The van der Waals surface area contributed by atoms with Gasteiger partial charge < -0.3 is 16.0 Å². The molecule has 5 nitrogen and oxygen atoms in total. The molecule has 0 unspecified atom stereocenters. The monoisotopic (exact) mass is 274 g/mol. The predicted octanol–water partition coefficient (Wildman–Crippen LogP) is 2.12. The second-order valence-corrected chi connectivity index (χ2v) is 4.45. The number of nitrogens with zero attached hydrogens (tertiary/aromatic N) is 2. The van der Waals surface area contributed by atoms with E-state index in [4.69, 9.17) is 5.73 Å². The molecule has 1 aromatic heterocycles. The maximum Gasteiger partial charge on any atom is 0.257 e. The minimum Gasteiger partial charge on any atom is -0.398 e. The predicted molar refractivity (Wildman–Crippen MR) is 77.3 cm³/mol. The Balaban J connectivity index is 2.28. The smallest absolute Gasteiger partial charge is 0.257 e. The lowest BCUT2D eigenvalue weighted by molar-refractivity contribution is 0.102. The van der Waals surface area contributed by atoms with E-state index in [1.54, 1.807) is 23.2 Å². The molecule has 6 heteroatoms. The first-order valence-corrected chi connectivity index (χ1v) is 5.97. The minimum atomic E-state index is -0.477. The summed E-state index contributed by atoms with van der Waals surface area (Å²) in [6, 6.07) is 7.12. The Hall–Kier alpha value is -2.63. The van der Waals surface area contributed by atoms with Crippen LogP contribution in [0.4, 0.5) is 21.6 Å². The van der Waals surface area contributed by atoms with E-state index < -0.39 is 11.7 Å². The van der Waals surface area contributed by atoms with E-state index in [-0.39, 0.29) is 11.3 Å². The molecule has 0 spiro atoms. The summed E-state index contributed by atoms with van der Waals surface area (Å²) < 4.78 is 13.0. The molecule has 0 fully saturated rings. The molecule has 0 saturated carbocycles. The first-order chi connectivity index (χ1) is 9.49. The number of anilines is 3. The Labute approximate surface area is 116 Å². The van der Waals surface area contributed by atoms with E-state index in [1.807, 2.05) is 14.1 Å². The molecule has 1 heterocycles. The number of hydrogen-bond donors (Lipinski definition) is 2. The molecule has 1 aromatic carbocycles. The summed E-state index contributed by atoms with van der Waals surface area (Å²) >= 11 is 0. The topological polar surface area (TPSA) is 71.2 Å². The van der Waals surface area contributed by atoms with E-state index in [2.05, 4.69) is 10.3 Å². The van der Waals surface area contributed by atoms with Gasteiger partial charge in [0.2, 0.25) is 0 Å². The van der Waals surface area contributed by atoms with Crippen molar-refractivity contribution in [2.75, 3.05) is 30.0 Å². The number of amides is 1. The Kier molecular flexibility index (Phi) is 3.84. The number of rotatable bonds is 3. The van der Waals surface area contributed by atoms with Crippen molar-refractivity contribution in [3.05, 3.63) is 47.9 Å². The summed E-state index contributed by atoms with van der Waals surface area (Å²) in [7, 11) is 3.65. The molecule has 0 aliphatic heterocycles. The fourth-order valence-corrected chi connectivity index (χ4v) is 1.78. The summed E-state index contributed by atoms with van der Waals surface area (Å²) in [4.78, 5) is 18.1. The highest BCUT2D eigenvalue weighted by atomic mass is 19.1. The number of benzene rings is 1. The number of nitrogens with one attached hydrogen (secondary N) is 1. The van der Waals surface area contributed by atoms with Gasteiger partial charge in [0.15, 0.2) is 5.82 Å². The molecule has 104 valence electrons. The Morgan fingerprint density at radius 2 is 2.10 bits per heavy atom. The Morgan fingerprint density at radius 1 is 1.35 bits per heavy atom. The van der Waals surface area contributed by atoms with Gasteiger partial charge in [0.1, 0.15) is 5.82 Å². The normalized spacial score (nSPS) is 10.2. The third kappa shape index (κ3) is 2.85. The number of pyridine rings is 1. The highest BCUT2D eigenvalue weighted by molar-refractivity contribution is 6.08. The third-order valence-corrected chi connectivity index (χ3v) is 2.72. The number of carbonyl (C=O) groups excluding carboxylic acids is 1. The van der Waals surface area contributed by atoms with Crippen LogP contribution in [0, 0.1) is 5.82 Å². The number of nitrogens with two attached hydrogens (primary N) is 1. The molecular weight excluding hydrogens is 259 g/mol. The molecular formula is C14H15FN4O. The SMILES string of the molecule is CN(C)c1ncccc1NC(=O)c1ccc(F)cc1N. The number of nitrogen functional groups attached to an aromatic ring is 1. The number of halogens is 1. The van der Waals surface area contributed by atoms with Gasteiger partial charge in [-0.2, -0.15) is 0 Å². The zero-order chi connectivity index (χ0) is 14.7. The van der Waals surface area contributed by atoms with Crippen molar-refractivity contribution in [3.63, 3.8) is 0 Å². The summed E-state index contributed by atoms with van der Waals surface area (Å²) in [6.07, 6.45) is 1.64. The first kappa shape index (κ1) is 13.8. The lowest BCUT2D eigenvalue weighted by atomic mass is 10.1. The molecule has 0 saturated heterocycles. The van der Waals surface area contributed by atoms with Crippen molar-refractivity contribution in [2.24, 2.45) is 0 Å². The van der Waals surface area contributed by atoms with E-state index in [9.17, 15) is 9.18 Å². The van der Waals surface area contributed by atoms with Crippen molar-refractivity contribution in [1.29, 1.82) is 0 Å². The molecule has 0 aliphatic carbocycles. The van der Waals surface area contributed by atoms with Crippen LogP contribution in [0.1, 0.15) is 10.4 Å². The molecule has 0 bridgehead atoms. The van der Waals surface area contributed by atoms with Crippen molar-refractivity contribution in [3.8, 4) is 0 Å². The molecule has 0 radical (unpaired) electrons. The molecule has 0 aliphatic rings. The van der Waals surface area contributed by atoms with Gasteiger partial charge in [-0.3, -0.25) is 4.79 Å². The largest absolute Gasteiger partial charge is 0.398 e. The van der Waals surface area contributed by atoms with Crippen LogP contribution < -0.4 is 16.0 Å². The fourth-order valence-electron chi connectivity index (χ4n) is 1.78. The van der Waals surface area contributed by atoms with Crippen LogP contribution in [0.2, 0.25) is 0 Å². The zero-order valence-corrected chi connectivity index (χ0v) is 11.2. The highest BCUT2D eigenvalue weighted by Crippen LogP contribution is 2.22. The molecule has 2 rings (SSSR count). The number of hydrogen-bond acceptors (Lipinski definition) is 4. The van der Waals surface area contributed by atoms with Crippen LogP contribution in [0.25, 0.3) is 0 Å². The van der Waals surface area contributed by atoms with Gasteiger partial charge in [-0.25, -0.2) is 9.37 Å². The van der Waals surface area contributed by atoms with E-state index in [1.165, 1.54) is 12.1 Å². The highest BCUT2D eigenvalue weighted by Gasteiger charge is 2.13. The van der Waals surface area contributed by atoms with Crippen LogP contribution in [0.15, 0.2) is 36.5 Å². The fraction of sp³-hybridized carbons (Fsp3) is 0.143. The minimum absolute atomic E-state index is 0.0952. The lowest BCUT2D eigenvalue weighted by Crippen LogP contribution is -2.18.